The van der Waals surface area contributed by atoms with Gasteiger partial charge in [-0.25, -0.2) is 0 Å². The van der Waals surface area contributed by atoms with Gasteiger partial charge in [-0.05, 0) is 66.2 Å². The molecule has 4 aromatic carbocycles. The van der Waals surface area contributed by atoms with Gasteiger partial charge in [-0.2, -0.15) is 0 Å². The second-order valence-electron chi connectivity index (χ2n) is 11.9. The van der Waals surface area contributed by atoms with Crippen LogP contribution in [-0.2, 0) is 32.9 Å². The van der Waals surface area contributed by atoms with Crippen LogP contribution >= 0.6 is 0 Å². The van der Waals surface area contributed by atoms with Gasteiger partial charge in [0.25, 0.3) is 0 Å². The molecule has 3 heteroatoms. The molecule has 0 atom stereocenters. The van der Waals surface area contributed by atoms with Crippen LogP contribution in [0.3, 0.4) is 0 Å². The largest absolute Gasteiger partial charge is 0.304 e. The first-order valence-corrected chi connectivity index (χ1v) is 15.4. The molecule has 0 aliphatic rings. The molecule has 0 spiro atoms. The van der Waals surface area contributed by atoms with E-state index in [-0.39, 0.29) is 20.1 Å². The van der Waals surface area contributed by atoms with Crippen LogP contribution < -0.4 is 0 Å². The summed E-state index contributed by atoms with van der Waals surface area (Å²) in [6.45, 7) is 10.8. The third kappa shape index (κ3) is 9.41. The van der Waals surface area contributed by atoms with E-state index in [0.717, 1.165) is 35.4 Å². The number of pyridine rings is 2. The van der Waals surface area contributed by atoms with Crippen molar-refractivity contribution < 1.29 is 20.1 Å². The van der Waals surface area contributed by atoms with Gasteiger partial charge in [0.05, 0.1) is 0 Å². The van der Waals surface area contributed by atoms with Crippen molar-refractivity contribution in [2.24, 2.45) is 5.92 Å². The summed E-state index contributed by atoms with van der Waals surface area (Å²) >= 11 is 0. The second-order valence-corrected chi connectivity index (χ2v) is 11.9. The van der Waals surface area contributed by atoms with E-state index in [1.165, 1.54) is 44.5 Å². The van der Waals surface area contributed by atoms with Gasteiger partial charge in [0.15, 0.2) is 0 Å². The smallest absolute Gasteiger partial charge is 0.0195 e. The van der Waals surface area contributed by atoms with Crippen LogP contribution in [0.15, 0.2) is 122 Å². The van der Waals surface area contributed by atoms with Crippen molar-refractivity contribution in [3.63, 3.8) is 0 Å². The molecule has 2 aromatic heterocycles. The Morgan fingerprint density at radius 1 is 0.600 bits per heavy atom. The number of benzene rings is 4. The van der Waals surface area contributed by atoms with Crippen LogP contribution in [0.2, 0.25) is 0 Å². The van der Waals surface area contributed by atoms with Gasteiger partial charge < -0.3 is 9.97 Å². The van der Waals surface area contributed by atoms with Crippen LogP contribution in [0.5, 0.6) is 0 Å². The van der Waals surface area contributed by atoms with E-state index in [4.69, 9.17) is 0 Å². The topological polar surface area (TPSA) is 25.8 Å². The van der Waals surface area contributed by atoms with Crippen molar-refractivity contribution in [1.82, 2.24) is 9.97 Å². The van der Waals surface area contributed by atoms with Gasteiger partial charge in [-0.3, -0.25) is 0 Å². The van der Waals surface area contributed by atoms with Crippen molar-refractivity contribution in [3.8, 4) is 33.6 Å². The molecule has 1 radical (unpaired) electrons. The summed E-state index contributed by atoms with van der Waals surface area (Å²) in [6.07, 6.45) is 5.99. The number of rotatable bonds is 7. The van der Waals surface area contributed by atoms with Crippen molar-refractivity contribution in [2.45, 2.75) is 47.5 Å². The first-order chi connectivity index (χ1) is 21.4. The van der Waals surface area contributed by atoms with E-state index >= 15 is 0 Å². The van der Waals surface area contributed by atoms with Gasteiger partial charge in [0, 0.05) is 32.5 Å². The molecule has 6 rings (SSSR count). The van der Waals surface area contributed by atoms with E-state index in [2.05, 4.69) is 148 Å². The van der Waals surface area contributed by atoms with E-state index in [0.29, 0.717) is 5.92 Å². The average molecular weight is 765 g/mol. The first-order valence-electron chi connectivity index (χ1n) is 15.4. The van der Waals surface area contributed by atoms with Gasteiger partial charge in [-0.1, -0.05) is 110 Å². The van der Waals surface area contributed by atoms with E-state index < -0.39 is 0 Å². The number of hydrogen-bond acceptors (Lipinski definition) is 2. The predicted molar refractivity (Wildman–Crippen MR) is 184 cm³/mol. The molecule has 0 unspecified atom stereocenters. The Morgan fingerprint density at radius 2 is 1.22 bits per heavy atom. The minimum atomic E-state index is 0. The summed E-state index contributed by atoms with van der Waals surface area (Å²) < 4.78 is 0. The predicted octanol–water partition coefficient (Wildman–Crippen LogP) is 10.5. The molecule has 229 valence electrons. The van der Waals surface area contributed by atoms with Crippen molar-refractivity contribution in [2.75, 3.05) is 0 Å². The molecule has 0 fully saturated rings. The molecule has 2 nitrogen and oxygen atoms in total. The Morgan fingerprint density at radius 3 is 1.82 bits per heavy atom. The number of hydrogen-bond donors (Lipinski definition) is 0. The quantitative estimate of drug-likeness (QED) is 0.151. The fourth-order valence-corrected chi connectivity index (χ4v) is 5.16. The molecule has 2 heterocycles. The SMILES string of the molecule is Cc1c[c-]c(-c2cc(C)c(CC(C)C)cn2)cc1.Cc1cnc(-c2[c-]cc(-c3ccccc3)cc2)cc1Cc1ccccc1.[Ir]. The zero-order valence-corrected chi connectivity index (χ0v) is 29.2. The number of aryl methyl sites for hydroxylation is 3. The molecule has 0 bridgehead atoms. The Balaban J connectivity index is 0.000000214. The Labute approximate surface area is 283 Å². The Bertz CT molecular complexity index is 1780. The van der Waals surface area contributed by atoms with Crippen LogP contribution in [0.4, 0.5) is 0 Å². The van der Waals surface area contributed by atoms with E-state index in [1.807, 2.05) is 30.6 Å². The van der Waals surface area contributed by atoms with Gasteiger partial charge in [-0.15, -0.1) is 65.2 Å². The number of nitrogens with zero attached hydrogens (tertiary/aromatic N) is 2. The monoisotopic (exact) mass is 765 g/mol. The summed E-state index contributed by atoms with van der Waals surface area (Å²) in [7, 11) is 0. The maximum Gasteiger partial charge on any atom is 0.0195 e. The maximum absolute atomic E-state index is 4.62. The molecular formula is C42H40IrN2-2. The molecule has 0 aliphatic carbocycles. The molecule has 0 saturated heterocycles. The average Bonchev–Trinajstić information content (AvgIpc) is 3.05. The molecule has 6 aromatic rings. The van der Waals surface area contributed by atoms with Crippen molar-refractivity contribution in [3.05, 3.63) is 167 Å². The third-order valence-corrected chi connectivity index (χ3v) is 7.74. The van der Waals surface area contributed by atoms with E-state index in [9.17, 15) is 0 Å². The summed E-state index contributed by atoms with van der Waals surface area (Å²) in [5.74, 6) is 0.669. The fourth-order valence-electron chi connectivity index (χ4n) is 5.16. The summed E-state index contributed by atoms with van der Waals surface area (Å²) in [5.41, 5.74) is 14.2. The molecule has 0 amide bonds. The zero-order valence-electron chi connectivity index (χ0n) is 26.8. The number of aromatic nitrogens is 2. The molecule has 0 saturated carbocycles. The normalized spacial score (nSPS) is 10.5. The zero-order chi connectivity index (χ0) is 30.9. The van der Waals surface area contributed by atoms with Crippen molar-refractivity contribution in [1.29, 1.82) is 0 Å². The Kier molecular flexibility index (Phi) is 12.2. The Hall–Kier alpha value is -4.17. The first kappa shape index (κ1) is 33.7. The summed E-state index contributed by atoms with van der Waals surface area (Å²) in [4.78, 5) is 9.18. The summed E-state index contributed by atoms with van der Waals surface area (Å²) in [5, 5.41) is 0. The molecular weight excluding hydrogens is 725 g/mol. The van der Waals surface area contributed by atoms with Gasteiger partial charge in [0.1, 0.15) is 0 Å². The molecule has 0 N–H and O–H groups in total. The molecule has 0 aliphatic heterocycles. The maximum atomic E-state index is 4.62. The van der Waals surface area contributed by atoms with Crippen LogP contribution in [0.1, 0.15) is 47.2 Å². The molecule has 45 heavy (non-hydrogen) atoms. The second kappa shape index (κ2) is 16.2. The summed E-state index contributed by atoms with van der Waals surface area (Å²) in [6, 6.07) is 44.5. The van der Waals surface area contributed by atoms with Crippen LogP contribution in [0, 0.1) is 38.8 Å². The van der Waals surface area contributed by atoms with Gasteiger partial charge in [0.2, 0.25) is 0 Å². The minimum absolute atomic E-state index is 0. The minimum Gasteiger partial charge on any atom is -0.304 e. The van der Waals surface area contributed by atoms with E-state index in [1.54, 1.807) is 0 Å². The van der Waals surface area contributed by atoms with Gasteiger partial charge >= 0.3 is 0 Å². The van der Waals surface area contributed by atoms with Crippen molar-refractivity contribution >= 4 is 0 Å². The van der Waals surface area contributed by atoms with Crippen LogP contribution in [-0.4, -0.2) is 9.97 Å². The fraction of sp³-hybridized carbons (Fsp3) is 0.190. The standard InChI is InChI=1S/C25H20N.C17H20N.Ir/c1-19-18-26-25(17-24(19)16-20-8-4-2-5-9-20)23-14-12-22(13-15-23)21-10-6-3-7-11-21;1-12(2)9-16-11-18-17(10-14(16)4)15-7-5-13(3)6-8-15;/h2-14,17-18H,16H2,1H3;5-7,10-12H,9H2,1-4H3;/q2*-1;. The third-order valence-electron chi connectivity index (χ3n) is 7.74. The van der Waals surface area contributed by atoms with Crippen LogP contribution in [0.25, 0.3) is 33.6 Å².